The van der Waals surface area contributed by atoms with E-state index in [0.29, 0.717) is 18.0 Å². The van der Waals surface area contributed by atoms with Gasteiger partial charge in [-0.3, -0.25) is 4.79 Å². The molecule has 1 atom stereocenters. The van der Waals surface area contributed by atoms with Crippen molar-refractivity contribution in [2.24, 2.45) is 5.92 Å². The number of halogens is 1. The number of benzene rings is 1. The van der Waals surface area contributed by atoms with Gasteiger partial charge >= 0.3 is 0 Å². The smallest absolute Gasteiger partial charge is 0.228 e. The van der Waals surface area contributed by atoms with Crippen LogP contribution in [-0.2, 0) is 4.79 Å². The molecule has 4 nitrogen and oxygen atoms in total. The summed E-state index contributed by atoms with van der Waals surface area (Å²) in [4.78, 5) is 11.8. The summed E-state index contributed by atoms with van der Waals surface area (Å²) < 4.78 is 18.1. The van der Waals surface area contributed by atoms with Gasteiger partial charge in [0.1, 0.15) is 11.6 Å². The maximum absolute atomic E-state index is 13.2. The largest absolute Gasteiger partial charge is 0.497 e. The van der Waals surface area contributed by atoms with E-state index in [1.165, 1.54) is 19.2 Å². The molecule has 0 saturated carbocycles. The zero-order chi connectivity index (χ0) is 12.3. The first-order chi connectivity index (χ1) is 8.19. The number of ether oxygens (including phenoxy) is 1. The molecule has 2 N–H and O–H groups in total. The monoisotopic (exact) mass is 238 g/mol. The molecule has 0 unspecified atom stereocenters. The zero-order valence-electron chi connectivity index (χ0n) is 9.63. The minimum absolute atomic E-state index is 0.0377. The average molecular weight is 238 g/mol. The van der Waals surface area contributed by atoms with Gasteiger partial charge in [0.05, 0.1) is 13.0 Å². The van der Waals surface area contributed by atoms with Crippen molar-refractivity contribution in [3.05, 3.63) is 24.0 Å². The molecule has 1 saturated heterocycles. The van der Waals surface area contributed by atoms with Crippen LogP contribution in [0.3, 0.4) is 0 Å². The maximum Gasteiger partial charge on any atom is 0.228 e. The second-order valence-electron chi connectivity index (χ2n) is 4.06. The Morgan fingerprint density at radius 1 is 1.53 bits per heavy atom. The Bertz CT molecular complexity index is 417. The second kappa shape index (κ2) is 5.14. The summed E-state index contributed by atoms with van der Waals surface area (Å²) in [6, 6.07) is 4.15. The van der Waals surface area contributed by atoms with Gasteiger partial charge < -0.3 is 15.4 Å². The Morgan fingerprint density at radius 2 is 2.35 bits per heavy atom. The van der Waals surface area contributed by atoms with E-state index < -0.39 is 5.82 Å². The van der Waals surface area contributed by atoms with E-state index in [1.54, 1.807) is 6.07 Å². The van der Waals surface area contributed by atoms with Crippen LogP contribution >= 0.6 is 0 Å². The summed E-state index contributed by atoms with van der Waals surface area (Å²) in [6.07, 6.45) is 0.818. The van der Waals surface area contributed by atoms with E-state index in [0.717, 1.165) is 13.0 Å². The Hall–Kier alpha value is -1.62. The van der Waals surface area contributed by atoms with Crippen molar-refractivity contribution in [3.63, 3.8) is 0 Å². The highest BCUT2D eigenvalue weighted by Crippen LogP contribution is 2.21. The molecule has 1 aliphatic heterocycles. The van der Waals surface area contributed by atoms with Crippen molar-refractivity contribution in [2.45, 2.75) is 6.42 Å². The number of carbonyl (C=O) groups excluding carboxylic acids is 1. The number of amides is 1. The van der Waals surface area contributed by atoms with Crippen LogP contribution < -0.4 is 15.4 Å². The van der Waals surface area contributed by atoms with E-state index in [4.69, 9.17) is 4.74 Å². The van der Waals surface area contributed by atoms with Crippen LogP contribution in [0.5, 0.6) is 5.75 Å². The fourth-order valence-corrected chi connectivity index (χ4v) is 1.88. The topological polar surface area (TPSA) is 50.4 Å². The lowest BCUT2D eigenvalue weighted by Crippen LogP contribution is -2.24. The Balaban J connectivity index is 2.06. The molecular weight excluding hydrogens is 223 g/mol. The molecular formula is C12H15FN2O2. The van der Waals surface area contributed by atoms with Crippen LogP contribution in [0.2, 0.25) is 0 Å². The predicted octanol–water partition coefficient (Wildman–Crippen LogP) is 1.38. The van der Waals surface area contributed by atoms with Gasteiger partial charge in [0.2, 0.25) is 5.91 Å². The van der Waals surface area contributed by atoms with Gasteiger partial charge in [0.15, 0.2) is 0 Å². The Kier molecular flexibility index (Phi) is 3.58. The summed E-state index contributed by atoms with van der Waals surface area (Å²) >= 11 is 0. The SMILES string of the molecule is COc1cc(F)cc(NC(=O)[C@H]2CCNC2)c1. The minimum atomic E-state index is -0.427. The van der Waals surface area contributed by atoms with Crippen molar-refractivity contribution in [1.29, 1.82) is 0 Å². The van der Waals surface area contributed by atoms with E-state index >= 15 is 0 Å². The highest BCUT2D eigenvalue weighted by atomic mass is 19.1. The third-order valence-electron chi connectivity index (χ3n) is 2.81. The molecule has 5 heteroatoms. The number of rotatable bonds is 3. The van der Waals surface area contributed by atoms with Gasteiger partial charge in [-0.15, -0.1) is 0 Å². The highest BCUT2D eigenvalue weighted by Gasteiger charge is 2.22. The molecule has 1 heterocycles. The molecule has 0 spiro atoms. The molecule has 1 fully saturated rings. The Labute approximate surface area is 99.2 Å². The van der Waals surface area contributed by atoms with Crippen LogP contribution in [0.25, 0.3) is 0 Å². The van der Waals surface area contributed by atoms with E-state index in [2.05, 4.69) is 10.6 Å². The first-order valence-electron chi connectivity index (χ1n) is 5.55. The molecule has 0 aliphatic carbocycles. The fraction of sp³-hybridized carbons (Fsp3) is 0.417. The minimum Gasteiger partial charge on any atom is -0.497 e. The number of hydrogen-bond donors (Lipinski definition) is 2. The van der Waals surface area contributed by atoms with Gasteiger partial charge in [0, 0.05) is 24.4 Å². The average Bonchev–Trinajstić information content (AvgIpc) is 2.81. The molecule has 0 aromatic heterocycles. The first-order valence-corrected chi connectivity index (χ1v) is 5.55. The molecule has 2 rings (SSSR count). The third kappa shape index (κ3) is 2.94. The van der Waals surface area contributed by atoms with Gasteiger partial charge in [0.25, 0.3) is 0 Å². The maximum atomic E-state index is 13.2. The first kappa shape index (κ1) is 11.9. The van der Waals surface area contributed by atoms with Crippen LogP contribution in [0.4, 0.5) is 10.1 Å². The molecule has 92 valence electrons. The molecule has 0 bridgehead atoms. The lowest BCUT2D eigenvalue weighted by molar-refractivity contribution is -0.119. The van der Waals surface area contributed by atoms with Crippen molar-refractivity contribution in [1.82, 2.24) is 5.32 Å². The van der Waals surface area contributed by atoms with Gasteiger partial charge in [-0.25, -0.2) is 4.39 Å². The molecule has 1 aromatic rings. The summed E-state index contributed by atoms with van der Waals surface area (Å²) in [7, 11) is 1.46. The van der Waals surface area contributed by atoms with Crippen molar-refractivity contribution >= 4 is 11.6 Å². The van der Waals surface area contributed by atoms with Gasteiger partial charge in [-0.1, -0.05) is 0 Å². The third-order valence-corrected chi connectivity index (χ3v) is 2.81. The molecule has 17 heavy (non-hydrogen) atoms. The summed E-state index contributed by atoms with van der Waals surface area (Å²) in [5.74, 6) is -0.152. The van der Waals surface area contributed by atoms with Crippen LogP contribution in [0.1, 0.15) is 6.42 Å². The Morgan fingerprint density at radius 3 is 3.00 bits per heavy atom. The van der Waals surface area contributed by atoms with Crippen LogP contribution in [0.15, 0.2) is 18.2 Å². The normalized spacial score (nSPS) is 19.1. The lowest BCUT2D eigenvalue weighted by Gasteiger charge is -2.11. The van der Waals surface area contributed by atoms with E-state index in [9.17, 15) is 9.18 Å². The quantitative estimate of drug-likeness (QED) is 0.836. The van der Waals surface area contributed by atoms with E-state index in [1.807, 2.05) is 0 Å². The number of nitrogens with one attached hydrogen (secondary N) is 2. The second-order valence-corrected chi connectivity index (χ2v) is 4.06. The van der Waals surface area contributed by atoms with Crippen LogP contribution in [-0.4, -0.2) is 26.1 Å². The van der Waals surface area contributed by atoms with E-state index in [-0.39, 0.29) is 11.8 Å². The van der Waals surface area contributed by atoms with Gasteiger partial charge in [-0.2, -0.15) is 0 Å². The van der Waals surface area contributed by atoms with Gasteiger partial charge in [-0.05, 0) is 19.0 Å². The summed E-state index contributed by atoms with van der Waals surface area (Å²) in [5.41, 5.74) is 0.429. The van der Waals surface area contributed by atoms with Crippen molar-refractivity contribution in [3.8, 4) is 5.75 Å². The lowest BCUT2D eigenvalue weighted by atomic mass is 10.1. The summed E-state index contributed by atoms with van der Waals surface area (Å²) in [6.45, 7) is 1.53. The fourth-order valence-electron chi connectivity index (χ4n) is 1.88. The van der Waals surface area contributed by atoms with Crippen molar-refractivity contribution < 1.29 is 13.9 Å². The number of carbonyl (C=O) groups is 1. The molecule has 1 aromatic carbocycles. The highest BCUT2D eigenvalue weighted by molar-refractivity contribution is 5.93. The molecule has 1 amide bonds. The van der Waals surface area contributed by atoms with Crippen LogP contribution in [0, 0.1) is 11.7 Å². The number of methoxy groups -OCH3 is 1. The number of anilines is 1. The van der Waals surface area contributed by atoms with Crippen molar-refractivity contribution in [2.75, 3.05) is 25.5 Å². The molecule has 0 radical (unpaired) electrons. The number of hydrogen-bond acceptors (Lipinski definition) is 3. The zero-order valence-corrected chi connectivity index (χ0v) is 9.63. The standard InChI is InChI=1S/C12H15FN2O2/c1-17-11-5-9(13)4-10(6-11)15-12(16)8-2-3-14-7-8/h4-6,8,14H,2-3,7H2,1H3,(H,15,16)/t8-/m0/s1. The summed E-state index contributed by atoms with van der Waals surface area (Å²) in [5, 5.41) is 5.81. The predicted molar refractivity (Wildman–Crippen MR) is 62.6 cm³/mol. The molecule has 1 aliphatic rings.